The number of carbonyl (C=O) groups is 2. The van der Waals surface area contributed by atoms with E-state index in [4.69, 9.17) is 24.1 Å². The molecule has 0 bridgehead atoms. The molecule has 1 amide bonds. The summed E-state index contributed by atoms with van der Waals surface area (Å²) in [7, 11) is 0. The molecule has 2 fully saturated rings. The number of carboxylic acids is 1. The molecule has 3 heterocycles. The van der Waals surface area contributed by atoms with Crippen molar-refractivity contribution < 1.29 is 33.6 Å². The number of nitrogens with one attached hydrogen (secondary N) is 1. The van der Waals surface area contributed by atoms with Gasteiger partial charge in [0.2, 0.25) is 5.91 Å². The molecular weight excluding hydrogens is 386 g/mol. The first kappa shape index (κ1) is 19.2. The van der Waals surface area contributed by atoms with Crippen molar-refractivity contribution in [2.24, 2.45) is 0 Å². The third kappa shape index (κ3) is 4.34. The minimum Gasteiger partial charge on any atom is -0.480 e. The fourth-order valence-corrected chi connectivity index (χ4v) is 3.35. The quantitative estimate of drug-likeness (QED) is 0.583. The van der Waals surface area contributed by atoms with Crippen LogP contribution in [0.2, 0.25) is 0 Å². The summed E-state index contributed by atoms with van der Waals surface area (Å²) in [5.41, 5.74) is 0. The number of nitrogens with zero attached hydrogens (tertiary/aromatic N) is 4. The van der Waals surface area contributed by atoms with Gasteiger partial charge in [0.1, 0.15) is 37.2 Å². The molecule has 0 radical (unpaired) electrons. The van der Waals surface area contributed by atoms with Gasteiger partial charge in [0.05, 0.1) is 19.3 Å². The Morgan fingerprint density at radius 3 is 2.76 bits per heavy atom. The molecule has 0 spiro atoms. The first-order chi connectivity index (χ1) is 14.1. The standard InChI is InChI=1S/C17H19N5O7/c23-13(8-26-9-14(24)25)18-11-6-27-16-12(7-28-15(11)16)22-17(19-20-21-22)29-10-4-2-1-3-5-10/h1-5,11-12,15-16H,6-9H2,(H,18,23)(H,24,25)/t11-,12-,15+,16+/m0/s1. The van der Waals surface area contributed by atoms with E-state index in [-0.39, 0.29) is 44.0 Å². The van der Waals surface area contributed by atoms with Crippen LogP contribution in [0.15, 0.2) is 30.3 Å². The van der Waals surface area contributed by atoms with E-state index in [2.05, 4.69) is 20.8 Å². The summed E-state index contributed by atoms with van der Waals surface area (Å²) in [4.78, 5) is 22.4. The predicted molar refractivity (Wildman–Crippen MR) is 93.2 cm³/mol. The van der Waals surface area contributed by atoms with Gasteiger partial charge in [-0.15, -0.1) is 0 Å². The second-order valence-corrected chi connectivity index (χ2v) is 6.54. The largest absolute Gasteiger partial charge is 0.480 e. The van der Waals surface area contributed by atoms with Gasteiger partial charge in [-0.1, -0.05) is 23.3 Å². The molecule has 154 valence electrons. The Kier molecular flexibility index (Phi) is 5.64. The van der Waals surface area contributed by atoms with Crippen LogP contribution in [0.5, 0.6) is 11.8 Å². The summed E-state index contributed by atoms with van der Waals surface area (Å²) in [6.45, 7) is -0.366. The van der Waals surface area contributed by atoms with Gasteiger partial charge < -0.3 is 29.4 Å². The molecule has 29 heavy (non-hydrogen) atoms. The molecule has 1 aromatic carbocycles. The first-order valence-electron chi connectivity index (χ1n) is 8.94. The smallest absolute Gasteiger partial charge is 0.341 e. The summed E-state index contributed by atoms with van der Waals surface area (Å²) in [6.07, 6.45) is -0.765. The number of fused-ring (bicyclic) bond motifs is 1. The third-order valence-electron chi connectivity index (χ3n) is 4.56. The fourth-order valence-electron chi connectivity index (χ4n) is 3.35. The van der Waals surface area contributed by atoms with Gasteiger partial charge in [-0.05, 0) is 22.6 Å². The molecule has 2 aromatic rings. The molecule has 12 heteroatoms. The summed E-state index contributed by atoms with van der Waals surface area (Å²) in [5, 5.41) is 22.9. The highest BCUT2D eigenvalue weighted by atomic mass is 16.6. The molecule has 4 rings (SSSR count). The van der Waals surface area contributed by atoms with E-state index in [1.807, 2.05) is 18.2 Å². The first-order valence-corrected chi connectivity index (χ1v) is 8.94. The van der Waals surface area contributed by atoms with Gasteiger partial charge in [0.25, 0.3) is 0 Å². The van der Waals surface area contributed by atoms with Crippen LogP contribution >= 0.6 is 0 Å². The molecule has 0 unspecified atom stereocenters. The molecule has 1 aromatic heterocycles. The highest BCUT2D eigenvalue weighted by molar-refractivity contribution is 5.78. The lowest BCUT2D eigenvalue weighted by atomic mass is 10.1. The van der Waals surface area contributed by atoms with Crippen molar-refractivity contribution >= 4 is 11.9 Å². The van der Waals surface area contributed by atoms with Crippen molar-refractivity contribution in [1.29, 1.82) is 0 Å². The molecule has 4 atom stereocenters. The van der Waals surface area contributed by atoms with Gasteiger partial charge in [-0.25, -0.2) is 4.79 Å². The molecule has 2 N–H and O–H groups in total. The van der Waals surface area contributed by atoms with Gasteiger partial charge in [0.15, 0.2) is 0 Å². The Morgan fingerprint density at radius 1 is 1.17 bits per heavy atom. The number of aromatic nitrogens is 4. The van der Waals surface area contributed by atoms with Gasteiger partial charge >= 0.3 is 12.0 Å². The summed E-state index contributed by atoms with van der Waals surface area (Å²) >= 11 is 0. The summed E-state index contributed by atoms with van der Waals surface area (Å²) in [6, 6.07) is 8.63. The van der Waals surface area contributed by atoms with Crippen molar-refractivity contribution in [3.8, 4) is 11.8 Å². The Morgan fingerprint density at radius 2 is 1.97 bits per heavy atom. The van der Waals surface area contributed by atoms with E-state index in [9.17, 15) is 9.59 Å². The van der Waals surface area contributed by atoms with Crippen LogP contribution in [0.25, 0.3) is 0 Å². The zero-order valence-electron chi connectivity index (χ0n) is 15.2. The van der Waals surface area contributed by atoms with Crippen LogP contribution in [0, 0.1) is 0 Å². The molecule has 12 nitrogen and oxygen atoms in total. The van der Waals surface area contributed by atoms with Crippen molar-refractivity contribution in [2.75, 3.05) is 26.4 Å². The van der Waals surface area contributed by atoms with Crippen LogP contribution in [0.1, 0.15) is 6.04 Å². The highest BCUT2D eigenvalue weighted by Crippen LogP contribution is 2.35. The lowest BCUT2D eigenvalue weighted by Crippen LogP contribution is -2.45. The van der Waals surface area contributed by atoms with Gasteiger partial charge in [-0.2, -0.15) is 4.68 Å². The average Bonchev–Trinajstić information content (AvgIpc) is 3.40. The van der Waals surface area contributed by atoms with E-state index in [0.717, 1.165) is 0 Å². The average molecular weight is 405 g/mol. The van der Waals surface area contributed by atoms with Crippen molar-refractivity contribution in [3.63, 3.8) is 0 Å². The number of ether oxygens (including phenoxy) is 4. The maximum Gasteiger partial charge on any atom is 0.341 e. The second-order valence-electron chi connectivity index (χ2n) is 6.54. The number of benzene rings is 1. The zero-order chi connectivity index (χ0) is 20.2. The van der Waals surface area contributed by atoms with Crippen LogP contribution in [0.4, 0.5) is 0 Å². The minimum atomic E-state index is -1.14. The number of tetrazole rings is 1. The van der Waals surface area contributed by atoms with E-state index in [0.29, 0.717) is 5.75 Å². The molecular formula is C17H19N5O7. The third-order valence-corrected chi connectivity index (χ3v) is 4.56. The Hall–Kier alpha value is -3.09. The molecule has 2 aliphatic rings. The number of aliphatic carboxylic acids is 1. The number of para-hydroxylation sites is 1. The summed E-state index contributed by atoms with van der Waals surface area (Å²) < 4.78 is 23.7. The number of carboxylic acid groups (broad SMARTS) is 1. The van der Waals surface area contributed by atoms with Crippen molar-refractivity contribution in [3.05, 3.63) is 30.3 Å². The number of hydrogen-bond acceptors (Lipinski definition) is 9. The lowest BCUT2D eigenvalue weighted by Gasteiger charge is -2.18. The minimum absolute atomic E-state index is 0.212. The molecule has 0 aliphatic carbocycles. The molecule has 2 saturated heterocycles. The fraction of sp³-hybridized carbons (Fsp3) is 0.471. The van der Waals surface area contributed by atoms with Crippen LogP contribution in [0.3, 0.4) is 0 Å². The van der Waals surface area contributed by atoms with E-state index < -0.39 is 24.6 Å². The molecule has 2 aliphatic heterocycles. The number of hydrogen-bond donors (Lipinski definition) is 2. The zero-order valence-corrected chi connectivity index (χ0v) is 15.2. The van der Waals surface area contributed by atoms with Crippen LogP contribution in [-0.4, -0.2) is 81.9 Å². The van der Waals surface area contributed by atoms with E-state index >= 15 is 0 Å². The topological polar surface area (TPSA) is 147 Å². The number of amides is 1. The lowest BCUT2D eigenvalue weighted by molar-refractivity contribution is -0.143. The van der Waals surface area contributed by atoms with Crippen LogP contribution in [-0.2, 0) is 23.8 Å². The van der Waals surface area contributed by atoms with Gasteiger partial charge in [0, 0.05) is 0 Å². The normalized spacial score (nSPS) is 25.5. The monoisotopic (exact) mass is 405 g/mol. The number of carbonyl (C=O) groups excluding carboxylic acids is 1. The molecule has 0 saturated carbocycles. The highest BCUT2D eigenvalue weighted by Gasteiger charge is 2.50. The van der Waals surface area contributed by atoms with Crippen molar-refractivity contribution in [1.82, 2.24) is 25.5 Å². The van der Waals surface area contributed by atoms with Crippen LogP contribution < -0.4 is 10.1 Å². The maximum atomic E-state index is 11.9. The predicted octanol–water partition coefficient (Wildman–Crippen LogP) is -0.610. The maximum absolute atomic E-state index is 11.9. The van der Waals surface area contributed by atoms with Crippen molar-refractivity contribution in [2.45, 2.75) is 24.3 Å². The number of rotatable bonds is 8. The Labute approximate surface area is 164 Å². The Bertz CT molecular complexity index is 861. The SMILES string of the molecule is O=C(O)COCC(=O)N[C@H]1CO[C@H]2[C@@H]1OC[C@@H]2n1nnnc1Oc1ccccc1. The Balaban J connectivity index is 1.37. The van der Waals surface area contributed by atoms with E-state index in [1.165, 1.54) is 4.68 Å². The van der Waals surface area contributed by atoms with E-state index in [1.54, 1.807) is 12.1 Å². The summed E-state index contributed by atoms with van der Waals surface area (Å²) in [5.74, 6) is -0.986. The van der Waals surface area contributed by atoms with Gasteiger partial charge in [-0.3, -0.25) is 4.79 Å². The second kappa shape index (κ2) is 8.51.